The van der Waals surface area contributed by atoms with Crippen molar-refractivity contribution in [1.29, 1.82) is 0 Å². The number of allylic oxidation sites excluding steroid dienone is 1. The number of fused-ring (bicyclic) bond motifs is 1. The van der Waals surface area contributed by atoms with E-state index in [9.17, 15) is 14.9 Å². The number of thiophene rings is 1. The predicted octanol–water partition coefficient (Wildman–Crippen LogP) is 2.69. The number of primary amides is 1. The molecule has 0 radical (unpaired) electrons. The molecule has 3 heterocycles. The Hall–Kier alpha value is -3.53. The summed E-state index contributed by atoms with van der Waals surface area (Å²) < 4.78 is 1.59. The van der Waals surface area contributed by atoms with E-state index < -0.39 is 16.9 Å². The number of carbonyl (C=O) groups excluding carboxylic acids is 1. The van der Waals surface area contributed by atoms with Crippen LogP contribution < -0.4 is 11.1 Å². The number of carbonyl (C=O) groups is 1. The van der Waals surface area contributed by atoms with Gasteiger partial charge in [0.25, 0.3) is 5.69 Å². The van der Waals surface area contributed by atoms with Crippen LogP contribution in [0.4, 0.5) is 11.6 Å². The molecule has 0 saturated heterocycles. The van der Waals surface area contributed by atoms with Crippen LogP contribution in [-0.2, 0) is 4.79 Å². The van der Waals surface area contributed by atoms with E-state index in [1.165, 1.54) is 23.5 Å². The summed E-state index contributed by atoms with van der Waals surface area (Å²) in [5.74, 6) is 0.407. The molecule has 9 nitrogen and oxygen atoms in total. The number of nitrogens with zero attached hydrogens (tertiary/aromatic N) is 4. The zero-order valence-electron chi connectivity index (χ0n) is 14.1. The monoisotopic (exact) mass is 382 g/mol. The minimum absolute atomic E-state index is 0.0351. The number of amides is 1. The maximum atomic E-state index is 12.1. The summed E-state index contributed by atoms with van der Waals surface area (Å²) in [6.07, 6.45) is 0. The van der Waals surface area contributed by atoms with Gasteiger partial charge in [-0.15, -0.1) is 16.4 Å². The largest absolute Gasteiger partial charge is 0.366 e. The third kappa shape index (κ3) is 2.85. The van der Waals surface area contributed by atoms with Gasteiger partial charge in [-0.05, 0) is 36.1 Å². The SMILES string of the molecule is CC1=C(C(N)=O)[C@H](c2ccc([N+](=O)[O-])cc2)n2nc(-c3cccs3)nc2N1. The number of benzene rings is 1. The van der Waals surface area contributed by atoms with Crippen molar-refractivity contribution in [2.24, 2.45) is 5.73 Å². The van der Waals surface area contributed by atoms with E-state index in [1.807, 2.05) is 17.5 Å². The third-order valence-corrected chi connectivity index (χ3v) is 5.15. The van der Waals surface area contributed by atoms with E-state index in [4.69, 9.17) is 5.73 Å². The Balaban J connectivity index is 1.86. The fraction of sp³-hybridized carbons (Fsp3) is 0.118. The second-order valence-corrected chi connectivity index (χ2v) is 6.91. The van der Waals surface area contributed by atoms with Crippen molar-refractivity contribution in [3.63, 3.8) is 0 Å². The molecule has 1 atom stereocenters. The summed E-state index contributed by atoms with van der Waals surface area (Å²) in [6, 6.07) is 9.16. The number of aromatic nitrogens is 3. The molecule has 0 saturated carbocycles. The highest BCUT2D eigenvalue weighted by Gasteiger charge is 2.33. The lowest BCUT2D eigenvalue weighted by molar-refractivity contribution is -0.384. The van der Waals surface area contributed by atoms with Gasteiger partial charge in [0.05, 0.1) is 15.4 Å². The normalized spacial score (nSPS) is 16.0. The number of hydrogen-bond acceptors (Lipinski definition) is 7. The Kier molecular flexibility index (Phi) is 3.96. The number of hydrogen-bond donors (Lipinski definition) is 2. The van der Waals surface area contributed by atoms with Crippen LogP contribution in [0.5, 0.6) is 0 Å². The number of nitro benzene ring substituents is 1. The summed E-state index contributed by atoms with van der Waals surface area (Å²) in [6.45, 7) is 1.74. The topological polar surface area (TPSA) is 129 Å². The second kappa shape index (κ2) is 6.32. The number of anilines is 1. The van der Waals surface area contributed by atoms with Crippen LogP contribution in [0.2, 0.25) is 0 Å². The molecule has 1 aliphatic rings. The minimum Gasteiger partial charge on any atom is -0.366 e. The maximum absolute atomic E-state index is 12.1. The molecular formula is C17H14N6O3S. The molecule has 0 spiro atoms. The van der Waals surface area contributed by atoms with Gasteiger partial charge in [-0.1, -0.05) is 6.07 Å². The van der Waals surface area contributed by atoms with Crippen LogP contribution in [-0.4, -0.2) is 25.6 Å². The number of nitrogens with two attached hydrogens (primary N) is 1. The quantitative estimate of drug-likeness (QED) is 0.527. The molecule has 3 aromatic rings. The van der Waals surface area contributed by atoms with Crippen molar-refractivity contribution in [3.8, 4) is 10.7 Å². The molecule has 0 aliphatic carbocycles. The van der Waals surface area contributed by atoms with Gasteiger partial charge in [0.15, 0.2) is 5.82 Å². The molecule has 1 aromatic carbocycles. The maximum Gasteiger partial charge on any atom is 0.269 e. The van der Waals surface area contributed by atoms with Crippen LogP contribution in [0, 0.1) is 10.1 Å². The zero-order chi connectivity index (χ0) is 19.1. The highest BCUT2D eigenvalue weighted by atomic mass is 32.1. The van der Waals surface area contributed by atoms with E-state index in [-0.39, 0.29) is 5.69 Å². The summed E-state index contributed by atoms with van der Waals surface area (Å²) >= 11 is 1.50. The van der Waals surface area contributed by atoms with E-state index >= 15 is 0 Å². The fourth-order valence-corrected chi connectivity index (χ4v) is 3.72. The molecular weight excluding hydrogens is 368 g/mol. The molecule has 10 heteroatoms. The Morgan fingerprint density at radius 3 is 2.67 bits per heavy atom. The Bertz CT molecular complexity index is 1070. The van der Waals surface area contributed by atoms with Crippen molar-refractivity contribution >= 4 is 28.9 Å². The minimum atomic E-state index is -0.624. The van der Waals surface area contributed by atoms with E-state index in [1.54, 1.807) is 23.7 Å². The number of nitrogens with one attached hydrogen (secondary N) is 1. The van der Waals surface area contributed by atoms with Crippen LogP contribution >= 0.6 is 11.3 Å². The standard InChI is InChI=1S/C17H14N6O3S/c1-9-13(15(18)24)14(10-4-6-11(7-5-10)23(25)26)22-17(19-9)20-16(21-22)12-3-2-8-27-12/h2-8,14H,1H3,(H2,18,24)(H,19,20,21)/t14-/m0/s1. The Morgan fingerprint density at radius 2 is 2.07 bits per heavy atom. The summed E-state index contributed by atoms with van der Waals surface area (Å²) in [7, 11) is 0. The van der Waals surface area contributed by atoms with Gasteiger partial charge in [0.2, 0.25) is 11.9 Å². The first-order valence-corrected chi connectivity index (χ1v) is 8.86. The van der Waals surface area contributed by atoms with Crippen LogP contribution in [0.25, 0.3) is 10.7 Å². The van der Waals surface area contributed by atoms with Gasteiger partial charge in [-0.25, -0.2) is 4.68 Å². The zero-order valence-corrected chi connectivity index (χ0v) is 14.9. The first kappa shape index (κ1) is 16.9. The van der Waals surface area contributed by atoms with Crippen molar-refractivity contribution in [1.82, 2.24) is 14.8 Å². The molecule has 0 unspecified atom stereocenters. The number of non-ortho nitro benzene ring substituents is 1. The van der Waals surface area contributed by atoms with Crippen molar-refractivity contribution < 1.29 is 9.72 Å². The molecule has 27 heavy (non-hydrogen) atoms. The average Bonchev–Trinajstić information content (AvgIpc) is 3.29. The average molecular weight is 382 g/mol. The van der Waals surface area contributed by atoms with E-state index in [0.29, 0.717) is 28.6 Å². The van der Waals surface area contributed by atoms with Gasteiger partial charge in [-0.3, -0.25) is 14.9 Å². The molecule has 1 amide bonds. The number of rotatable bonds is 4. The fourth-order valence-electron chi connectivity index (χ4n) is 3.07. The molecule has 0 fully saturated rings. The summed E-state index contributed by atoms with van der Waals surface area (Å²) in [5, 5.41) is 20.5. The van der Waals surface area contributed by atoms with Gasteiger partial charge in [-0.2, -0.15) is 4.98 Å². The molecule has 4 rings (SSSR count). The molecule has 2 aromatic heterocycles. The molecule has 0 bridgehead atoms. The molecule has 1 aliphatic heterocycles. The summed E-state index contributed by atoms with van der Waals surface area (Å²) in [4.78, 5) is 28.0. The predicted molar refractivity (Wildman–Crippen MR) is 100 cm³/mol. The van der Waals surface area contributed by atoms with Gasteiger partial charge >= 0.3 is 0 Å². The smallest absolute Gasteiger partial charge is 0.269 e. The van der Waals surface area contributed by atoms with Gasteiger partial charge < -0.3 is 11.1 Å². The number of nitro groups is 1. The summed E-state index contributed by atoms with van der Waals surface area (Å²) in [5.41, 5.74) is 7.14. The second-order valence-electron chi connectivity index (χ2n) is 5.96. The molecule has 136 valence electrons. The van der Waals surface area contributed by atoms with Gasteiger partial charge in [0.1, 0.15) is 6.04 Å². The lowest BCUT2D eigenvalue weighted by Gasteiger charge is -2.27. The Labute approximate surface area is 157 Å². The third-order valence-electron chi connectivity index (χ3n) is 4.28. The van der Waals surface area contributed by atoms with Crippen LogP contribution in [0.3, 0.4) is 0 Å². The lowest BCUT2D eigenvalue weighted by Crippen LogP contribution is -2.31. The Morgan fingerprint density at radius 1 is 1.33 bits per heavy atom. The van der Waals surface area contributed by atoms with Crippen LogP contribution in [0.1, 0.15) is 18.5 Å². The van der Waals surface area contributed by atoms with Crippen molar-refractivity contribution in [2.75, 3.05) is 5.32 Å². The molecule has 3 N–H and O–H groups in total. The van der Waals surface area contributed by atoms with Crippen molar-refractivity contribution in [3.05, 3.63) is 68.7 Å². The van der Waals surface area contributed by atoms with Crippen molar-refractivity contribution in [2.45, 2.75) is 13.0 Å². The van der Waals surface area contributed by atoms with Gasteiger partial charge in [0, 0.05) is 17.8 Å². The van der Waals surface area contributed by atoms with E-state index in [2.05, 4.69) is 15.4 Å². The lowest BCUT2D eigenvalue weighted by atomic mass is 9.95. The first-order valence-electron chi connectivity index (χ1n) is 7.98. The first-order chi connectivity index (χ1) is 13.0. The highest BCUT2D eigenvalue weighted by Crippen LogP contribution is 2.36. The van der Waals surface area contributed by atoms with Crippen LogP contribution in [0.15, 0.2) is 53.0 Å². The highest BCUT2D eigenvalue weighted by molar-refractivity contribution is 7.13. The van der Waals surface area contributed by atoms with E-state index in [0.717, 1.165) is 4.88 Å².